The van der Waals surface area contributed by atoms with Gasteiger partial charge in [0.2, 0.25) is 5.91 Å². The van der Waals surface area contributed by atoms with Crippen LogP contribution < -0.4 is 11.1 Å². The summed E-state index contributed by atoms with van der Waals surface area (Å²) in [5.74, 6) is -2.69. The van der Waals surface area contributed by atoms with E-state index < -0.39 is 29.9 Å². The molecule has 0 heterocycles. The standard InChI is InChI=1S/C11H20N2O5/c1-6(2)5-8(11(17)18)13-10(16)7(12)3-4-9(14)15/h6-8H,3-5,12H2,1-2H3,(H,13,16)(H,14,15)(H,17,18)/t7-,8+/m1/s1. The van der Waals surface area contributed by atoms with Crippen LogP contribution in [0.1, 0.15) is 33.1 Å². The first kappa shape index (κ1) is 16.4. The van der Waals surface area contributed by atoms with E-state index in [1.165, 1.54) is 0 Å². The van der Waals surface area contributed by atoms with Crippen molar-refractivity contribution in [2.24, 2.45) is 11.7 Å². The Kier molecular flexibility index (Phi) is 6.96. The van der Waals surface area contributed by atoms with Crippen molar-refractivity contribution < 1.29 is 24.6 Å². The molecular weight excluding hydrogens is 240 g/mol. The maximum atomic E-state index is 11.6. The van der Waals surface area contributed by atoms with Crippen LogP contribution >= 0.6 is 0 Å². The van der Waals surface area contributed by atoms with Crippen LogP contribution in [0.25, 0.3) is 0 Å². The van der Waals surface area contributed by atoms with E-state index in [1.54, 1.807) is 0 Å². The molecule has 0 spiro atoms. The monoisotopic (exact) mass is 260 g/mol. The van der Waals surface area contributed by atoms with Crippen LogP contribution in [0.2, 0.25) is 0 Å². The summed E-state index contributed by atoms with van der Waals surface area (Å²) >= 11 is 0. The highest BCUT2D eigenvalue weighted by Crippen LogP contribution is 2.05. The Hall–Kier alpha value is -1.63. The first-order chi connectivity index (χ1) is 8.23. The first-order valence-corrected chi connectivity index (χ1v) is 5.74. The van der Waals surface area contributed by atoms with Gasteiger partial charge in [0.25, 0.3) is 0 Å². The van der Waals surface area contributed by atoms with Crippen LogP contribution in [0.3, 0.4) is 0 Å². The van der Waals surface area contributed by atoms with E-state index in [1.807, 2.05) is 13.8 Å². The normalized spacial score (nSPS) is 14.0. The molecule has 18 heavy (non-hydrogen) atoms. The van der Waals surface area contributed by atoms with E-state index in [2.05, 4.69) is 5.32 Å². The molecule has 0 radical (unpaired) electrons. The lowest BCUT2D eigenvalue weighted by Crippen LogP contribution is -2.49. The minimum atomic E-state index is -1.12. The van der Waals surface area contributed by atoms with Crippen LogP contribution in [0.5, 0.6) is 0 Å². The fraction of sp³-hybridized carbons (Fsp3) is 0.727. The quantitative estimate of drug-likeness (QED) is 0.478. The van der Waals surface area contributed by atoms with Crippen LogP contribution in [0.4, 0.5) is 0 Å². The molecule has 1 amide bonds. The summed E-state index contributed by atoms with van der Waals surface area (Å²) in [4.78, 5) is 32.8. The van der Waals surface area contributed by atoms with Gasteiger partial charge in [-0.1, -0.05) is 13.8 Å². The predicted molar refractivity (Wildman–Crippen MR) is 63.9 cm³/mol. The molecule has 5 N–H and O–H groups in total. The average Bonchev–Trinajstić information content (AvgIpc) is 2.23. The van der Waals surface area contributed by atoms with Crippen molar-refractivity contribution in [1.29, 1.82) is 0 Å². The van der Waals surface area contributed by atoms with Crippen molar-refractivity contribution >= 4 is 17.8 Å². The molecule has 0 aliphatic heterocycles. The third-order valence-corrected chi connectivity index (χ3v) is 2.33. The molecule has 0 saturated heterocycles. The topological polar surface area (TPSA) is 130 Å². The summed E-state index contributed by atoms with van der Waals surface area (Å²) in [6.07, 6.45) is 0.0540. The largest absolute Gasteiger partial charge is 0.481 e. The second kappa shape index (κ2) is 7.65. The molecule has 2 atom stereocenters. The third-order valence-electron chi connectivity index (χ3n) is 2.33. The number of nitrogens with two attached hydrogens (primary N) is 1. The third kappa shape index (κ3) is 6.85. The number of nitrogens with one attached hydrogen (secondary N) is 1. The Morgan fingerprint density at radius 2 is 1.78 bits per heavy atom. The number of carboxylic acid groups (broad SMARTS) is 2. The van der Waals surface area contributed by atoms with Crippen molar-refractivity contribution in [3.8, 4) is 0 Å². The van der Waals surface area contributed by atoms with E-state index in [9.17, 15) is 14.4 Å². The van der Waals surface area contributed by atoms with Gasteiger partial charge in [0, 0.05) is 6.42 Å². The van der Waals surface area contributed by atoms with E-state index in [-0.39, 0.29) is 18.8 Å². The highest BCUT2D eigenvalue weighted by atomic mass is 16.4. The molecule has 0 fully saturated rings. The summed E-state index contributed by atoms with van der Waals surface area (Å²) in [5.41, 5.74) is 5.48. The van der Waals surface area contributed by atoms with Gasteiger partial charge in [0.1, 0.15) is 6.04 Å². The molecule has 0 aromatic rings. The Bertz CT molecular complexity index is 317. The molecule has 0 aliphatic rings. The Balaban J connectivity index is 4.31. The zero-order chi connectivity index (χ0) is 14.3. The molecule has 7 nitrogen and oxygen atoms in total. The maximum Gasteiger partial charge on any atom is 0.326 e. The first-order valence-electron chi connectivity index (χ1n) is 5.74. The summed E-state index contributed by atoms with van der Waals surface area (Å²) in [6.45, 7) is 3.68. The Labute approximate surface area is 105 Å². The number of rotatable bonds is 8. The van der Waals surface area contributed by atoms with Gasteiger partial charge in [-0.3, -0.25) is 9.59 Å². The molecule has 0 aliphatic carbocycles. The van der Waals surface area contributed by atoms with Crippen molar-refractivity contribution in [1.82, 2.24) is 5.32 Å². The number of hydrogen-bond acceptors (Lipinski definition) is 4. The number of carbonyl (C=O) groups is 3. The molecule has 7 heteroatoms. The lowest BCUT2D eigenvalue weighted by atomic mass is 10.0. The van der Waals surface area contributed by atoms with Gasteiger partial charge in [0.05, 0.1) is 6.04 Å². The van der Waals surface area contributed by atoms with Gasteiger partial charge in [-0.2, -0.15) is 0 Å². The summed E-state index contributed by atoms with van der Waals surface area (Å²) < 4.78 is 0. The fourth-order valence-electron chi connectivity index (χ4n) is 1.38. The Morgan fingerprint density at radius 1 is 1.22 bits per heavy atom. The minimum absolute atomic E-state index is 0.0187. The lowest BCUT2D eigenvalue weighted by molar-refractivity contribution is -0.143. The van der Waals surface area contributed by atoms with Gasteiger partial charge < -0.3 is 21.3 Å². The number of amides is 1. The summed E-state index contributed by atoms with van der Waals surface area (Å²) in [5, 5.41) is 19.7. The molecular formula is C11H20N2O5. The maximum absolute atomic E-state index is 11.6. The van der Waals surface area contributed by atoms with Gasteiger partial charge in [-0.25, -0.2) is 4.79 Å². The van der Waals surface area contributed by atoms with E-state index >= 15 is 0 Å². The van der Waals surface area contributed by atoms with Crippen molar-refractivity contribution in [3.63, 3.8) is 0 Å². The van der Waals surface area contributed by atoms with E-state index in [0.717, 1.165) is 0 Å². The van der Waals surface area contributed by atoms with Crippen molar-refractivity contribution in [2.45, 2.75) is 45.2 Å². The SMILES string of the molecule is CC(C)C[C@H](NC(=O)[C@H](N)CCC(=O)O)C(=O)O. The smallest absolute Gasteiger partial charge is 0.326 e. The molecule has 0 aromatic heterocycles. The van der Waals surface area contributed by atoms with E-state index in [4.69, 9.17) is 15.9 Å². The molecule has 0 saturated carbocycles. The van der Waals surface area contributed by atoms with Crippen LogP contribution in [0.15, 0.2) is 0 Å². The Morgan fingerprint density at radius 3 is 2.17 bits per heavy atom. The predicted octanol–water partition coefficient (Wildman–Crippen LogP) is -0.206. The lowest BCUT2D eigenvalue weighted by Gasteiger charge is -2.18. The number of carboxylic acids is 2. The zero-order valence-corrected chi connectivity index (χ0v) is 10.5. The molecule has 104 valence electrons. The summed E-state index contributed by atoms with van der Waals surface area (Å²) in [7, 11) is 0. The average molecular weight is 260 g/mol. The van der Waals surface area contributed by atoms with Gasteiger partial charge in [-0.15, -0.1) is 0 Å². The zero-order valence-electron chi connectivity index (χ0n) is 10.5. The van der Waals surface area contributed by atoms with Crippen LogP contribution in [0, 0.1) is 5.92 Å². The molecule has 0 unspecified atom stereocenters. The van der Waals surface area contributed by atoms with E-state index in [0.29, 0.717) is 6.42 Å². The fourth-order valence-corrected chi connectivity index (χ4v) is 1.38. The summed E-state index contributed by atoms with van der Waals surface area (Å²) in [6, 6.07) is -2.00. The van der Waals surface area contributed by atoms with Crippen molar-refractivity contribution in [3.05, 3.63) is 0 Å². The van der Waals surface area contributed by atoms with Crippen LogP contribution in [-0.4, -0.2) is 40.1 Å². The van der Waals surface area contributed by atoms with Gasteiger partial charge in [-0.05, 0) is 18.8 Å². The number of hydrogen-bond donors (Lipinski definition) is 4. The van der Waals surface area contributed by atoms with Crippen LogP contribution in [-0.2, 0) is 14.4 Å². The highest BCUT2D eigenvalue weighted by molar-refractivity contribution is 5.87. The molecule has 0 aromatic carbocycles. The minimum Gasteiger partial charge on any atom is -0.481 e. The number of aliphatic carboxylic acids is 2. The highest BCUT2D eigenvalue weighted by Gasteiger charge is 2.24. The second-order valence-corrected chi connectivity index (χ2v) is 4.57. The second-order valence-electron chi connectivity index (χ2n) is 4.57. The number of carbonyl (C=O) groups excluding carboxylic acids is 1. The van der Waals surface area contributed by atoms with Crippen molar-refractivity contribution in [2.75, 3.05) is 0 Å². The van der Waals surface area contributed by atoms with Gasteiger partial charge >= 0.3 is 11.9 Å². The molecule has 0 rings (SSSR count). The van der Waals surface area contributed by atoms with Gasteiger partial charge in [0.15, 0.2) is 0 Å². The molecule has 0 bridgehead atoms.